The highest BCUT2D eigenvalue weighted by Crippen LogP contribution is 2.28. The molecule has 0 bridgehead atoms. The first kappa shape index (κ1) is 13.4. The molecule has 0 amide bonds. The van der Waals surface area contributed by atoms with Gasteiger partial charge in [-0.25, -0.2) is 0 Å². The molecule has 0 saturated heterocycles. The number of nitrogens with zero attached hydrogens (tertiary/aromatic N) is 1. The van der Waals surface area contributed by atoms with E-state index in [2.05, 4.69) is 4.98 Å². The largest absolute Gasteiger partial charge is 0.493 e. The van der Waals surface area contributed by atoms with Crippen molar-refractivity contribution in [2.24, 2.45) is 5.73 Å². The quantitative estimate of drug-likeness (QED) is 0.895. The monoisotopic (exact) mass is 258 g/mol. The Kier molecular flexibility index (Phi) is 4.36. The molecule has 4 nitrogen and oxygen atoms in total. The second-order valence-electron chi connectivity index (χ2n) is 4.30. The first-order valence-electron chi connectivity index (χ1n) is 6.14. The van der Waals surface area contributed by atoms with Crippen LogP contribution in [0.4, 0.5) is 0 Å². The highest BCUT2D eigenvalue weighted by Gasteiger charge is 2.05. The Morgan fingerprint density at radius 2 is 2.00 bits per heavy atom. The van der Waals surface area contributed by atoms with Gasteiger partial charge in [-0.05, 0) is 36.2 Å². The van der Waals surface area contributed by atoms with Gasteiger partial charge in [0.25, 0.3) is 0 Å². The molecule has 4 heteroatoms. The Hall–Kier alpha value is -2.07. The van der Waals surface area contributed by atoms with Crippen molar-refractivity contribution in [3.63, 3.8) is 0 Å². The summed E-state index contributed by atoms with van der Waals surface area (Å²) in [4.78, 5) is 4.29. The predicted molar refractivity (Wildman–Crippen MR) is 74.2 cm³/mol. The number of hydrogen-bond donors (Lipinski definition) is 1. The van der Waals surface area contributed by atoms with Gasteiger partial charge >= 0.3 is 0 Å². The van der Waals surface area contributed by atoms with Gasteiger partial charge in [0.05, 0.1) is 12.8 Å². The van der Waals surface area contributed by atoms with Crippen LogP contribution in [0.3, 0.4) is 0 Å². The molecule has 1 heterocycles. The molecule has 0 atom stereocenters. The molecule has 2 N–H and O–H groups in total. The SMILES string of the molecule is COc1cc(C)ccc1OCc1ccc(CN)cn1. The minimum atomic E-state index is 0.407. The smallest absolute Gasteiger partial charge is 0.161 e. The number of ether oxygens (including phenoxy) is 2. The Morgan fingerprint density at radius 3 is 2.63 bits per heavy atom. The minimum absolute atomic E-state index is 0.407. The molecular formula is C15H18N2O2. The summed E-state index contributed by atoms with van der Waals surface area (Å²) in [7, 11) is 1.63. The molecule has 100 valence electrons. The topological polar surface area (TPSA) is 57.4 Å². The molecule has 19 heavy (non-hydrogen) atoms. The summed E-state index contributed by atoms with van der Waals surface area (Å²) in [6, 6.07) is 9.71. The first-order valence-corrected chi connectivity index (χ1v) is 6.14. The van der Waals surface area contributed by atoms with E-state index in [0.29, 0.717) is 13.2 Å². The standard InChI is InChI=1S/C15H18N2O2/c1-11-3-6-14(15(7-11)18-2)19-10-13-5-4-12(8-16)9-17-13/h3-7,9H,8,10,16H2,1-2H3. The van der Waals surface area contributed by atoms with Gasteiger partial charge in [0.2, 0.25) is 0 Å². The first-order chi connectivity index (χ1) is 9.22. The fourth-order valence-electron chi connectivity index (χ4n) is 1.71. The summed E-state index contributed by atoms with van der Waals surface area (Å²) in [6.45, 7) is 2.92. The van der Waals surface area contributed by atoms with Gasteiger partial charge in [0.1, 0.15) is 6.61 Å². The molecule has 1 aromatic heterocycles. The van der Waals surface area contributed by atoms with Crippen LogP contribution in [-0.2, 0) is 13.2 Å². The van der Waals surface area contributed by atoms with E-state index < -0.39 is 0 Å². The van der Waals surface area contributed by atoms with E-state index in [1.807, 2.05) is 37.3 Å². The fraction of sp³-hybridized carbons (Fsp3) is 0.267. The fourth-order valence-corrected chi connectivity index (χ4v) is 1.71. The van der Waals surface area contributed by atoms with Crippen LogP contribution in [0.15, 0.2) is 36.5 Å². The third-order valence-electron chi connectivity index (χ3n) is 2.82. The van der Waals surface area contributed by atoms with Crippen molar-refractivity contribution in [1.82, 2.24) is 4.98 Å². The zero-order valence-electron chi connectivity index (χ0n) is 11.2. The maximum atomic E-state index is 5.72. The normalized spacial score (nSPS) is 10.3. The molecule has 2 aromatic rings. The van der Waals surface area contributed by atoms with Gasteiger partial charge in [-0.2, -0.15) is 0 Å². The molecule has 0 unspecified atom stereocenters. The highest BCUT2D eigenvalue weighted by atomic mass is 16.5. The number of hydrogen-bond acceptors (Lipinski definition) is 4. The third kappa shape index (κ3) is 3.45. The van der Waals surface area contributed by atoms with Crippen LogP contribution in [0.1, 0.15) is 16.8 Å². The average molecular weight is 258 g/mol. The molecule has 0 aliphatic rings. The Bertz CT molecular complexity index is 538. The van der Waals surface area contributed by atoms with Crippen molar-refractivity contribution in [2.75, 3.05) is 7.11 Å². The van der Waals surface area contributed by atoms with E-state index >= 15 is 0 Å². The summed E-state index contributed by atoms with van der Waals surface area (Å²) in [6.07, 6.45) is 1.77. The Labute approximate surface area is 113 Å². The lowest BCUT2D eigenvalue weighted by atomic mass is 10.2. The van der Waals surface area contributed by atoms with Gasteiger partial charge in [-0.15, -0.1) is 0 Å². The molecule has 0 radical (unpaired) electrons. The average Bonchev–Trinajstić information content (AvgIpc) is 2.46. The van der Waals surface area contributed by atoms with E-state index in [9.17, 15) is 0 Å². The summed E-state index contributed by atoms with van der Waals surface area (Å²) >= 11 is 0. The van der Waals surface area contributed by atoms with Gasteiger partial charge in [0.15, 0.2) is 11.5 Å². The molecule has 0 fully saturated rings. The molecule has 0 saturated carbocycles. The van der Waals surface area contributed by atoms with Gasteiger partial charge < -0.3 is 15.2 Å². The molecule has 1 aromatic carbocycles. The number of rotatable bonds is 5. The van der Waals surface area contributed by atoms with E-state index in [0.717, 1.165) is 28.3 Å². The molecule has 2 rings (SSSR count). The van der Waals surface area contributed by atoms with Gasteiger partial charge in [-0.1, -0.05) is 12.1 Å². The zero-order valence-corrected chi connectivity index (χ0v) is 11.2. The number of pyridine rings is 1. The van der Waals surface area contributed by atoms with E-state index in [-0.39, 0.29) is 0 Å². The van der Waals surface area contributed by atoms with Gasteiger partial charge in [-0.3, -0.25) is 4.98 Å². The molecular weight excluding hydrogens is 240 g/mol. The summed E-state index contributed by atoms with van der Waals surface area (Å²) in [5.74, 6) is 1.45. The molecule has 0 aliphatic heterocycles. The van der Waals surface area contributed by atoms with Crippen molar-refractivity contribution in [2.45, 2.75) is 20.1 Å². The van der Waals surface area contributed by atoms with Crippen LogP contribution in [0.25, 0.3) is 0 Å². The number of aryl methyl sites for hydroxylation is 1. The lowest BCUT2D eigenvalue weighted by molar-refractivity contribution is 0.280. The van der Waals surface area contributed by atoms with Crippen LogP contribution in [0, 0.1) is 6.92 Å². The second-order valence-corrected chi connectivity index (χ2v) is 4.30. The minimum Gasteiger partial charge on any atom is -0.493 e. The van der Waals surface area contributed by atoms with E-state index in [1.54, 1.807) is 13.3 Å². The second kappa shape index (κ2) is 6.20. The summed E-state index contributed by atoms with van der Waals surface area (Å²) < 4.78 is 11.0. The predicted octanol–water partition coefficient (Wildman–Crippen LogP) is 2.44. The zero-order chi connectivity index (χ0) is 13.7. The lowest BCUT2D eigenvalue weighted by Crippen LogP contribution is -2.02. The number of aromatic nitrogens is 1. The number of nitrogens with two attached hydrogens (primary N) is 1. The third-order valence-corrected chi connectivity index (χ3v) is 2.82. The maximum Gasteiger partial charge on any atom is 0.161 e. The van der Waals surface area contributed by atoms with Crippen LogP contribution in [0.5, 0.6) is 11.5 Å². The summed E-state index contributed by atoms with van der Waals surface area (Å²) in [5, 5.41) is 0. The Morgan fingerprint density at radius 1 is 1.16 bits per heavy atom. The lowest BCUT2D eigenvalue weighted by Gasteiger charge is -2.11. The van der Waals surface area contributed by atoms with Crippen molar-refractivity contribution >= 4 is 0 Å². The van der Waals surface area contributed by atoms with E-state index in [4.69, 9.17) is 15.2 Å². The maximum absolute atomic E-state index is 5.72. The van der Waals surface area contributed by atoms with Crippen molar-refractivity contribution < 1.29 is 9.47 Å². The Balaban J connectivity index is 2.05. The van der Waals surface area contributed by atoms with Crippen LogP contribution in [-0.4, -0.2) is 12.1 Å². The highest BCUT2D eigenvalue weighted by molar-refractivity contribution is 5.42. The van der Waals surface area contributed by atoms with Gasteiger partial charge in [0, 0.05) is 12.7 Å². The van der Waals surface area contributed by atoms with Crippen molar-refractivity contribution in [3.05, 3.63) is 53.3 Å². The van der Waals surface area contributed by atoms with Crippen LogP contribution < -0.4 is 15.2 Å². The number of benzene rings is 1. The molecule has 0 aliphatic carbocycles. The van der Waals surface area contributed by atoms with Crippen molar-refractivity contribution in [3.8, 4) is 11.5 Å². The molecule has 0 spiro atoms. The van der Waals surface area contributed by atoms with Crippen molar-refractivity contribution in [1.29, 1.82) is 0 Å². The number of methoxy groups -OCH3 is 1. The summed E-state index contributed by atoms with van der Waals surface area (Å²) in [5.41, 5.74) is 8.53. The van der Waals surface area contributed by atoms with Crippen LogP contribution >= 0.6 is 0 Å². The van der Waals surface area contributed by atoms with E-state index in [1.165, 1.54) is 0 Å². The van der Waals surface area contributed by atoms with Crippen LogP contribution in [0.2, 0.25) is 0 Å².